The summed E-state index contributed by atoms with van der Waals surface area (Å²) in [4.78, 5) is 15.0. The average molecular weight is 281 g/mol. The van der Waals surface area contributed by atoms with Crippen molar-refractivity contribution >= 4 is 5.91 Å². The topological polar surface area (TPSA) is 58.4 Å². The first-order valence-electron chi connectivity index (χ1n) is 8.23. The highest BCUT2D eigenvalue weighted by Crippen LogP contribution is 2.36. The molecule has 3 N–H and O–H groups in total. The van der Waals surface area contributed by atoms with Crippen molar-refractivity contribution in [2.45, 2.75) is 65.0 Å². The lowest BCUT2D eigenvalue weighted by Gasteiger charge is -2.33. The molecule has 0 spiro atoms. The third kappa shape index (κ3) is 3.17. The normalized spacial score (nSPS) is 32.8. The van der Waals surface area contributed by atoms with Crippen molar-refractivity contribution in [1.82, 2.24) is 10.2 Å². The second-order valence-corrected chi connectivity index (χ2v) is 7.18. The number of carbonyl (C=O) groups is 1. The van der Waals surface area contributed by atoms with Crippen LogP contribution < -0.4 is 11.1 Å². The summed E-state index contributed by atoms with van der Waals surface area (Å²) < 4.78 is 0. The molecule has 1 heterocycles. The predicted octanol–water partition coefficient (Wildman–Crippen LogP) is 1.74. The number of rotatable bonds is 5. The lowest BCUT2D eigenvalue weighted by molar-refractivity contribution is -0.130. The van der Waals surface area contributed by atoms with Crippen LogP contribution >= 0.6 is 0 Å². The molecule has 0 aromatic carbocycles. The fourth-order valence-corrected chi connectivity index (χ4v) is 3.73. The second-order valence-electron chi connectivity index (χ2n) is 7.18. The van der Waals surface area contributed by atoms with E-state index in [-0.39, 0.29) is 17.4 Å². The third-order valence-electron chi connectivity index (χ3n) is 5.40. The smallest absolute Gasteiger partial charge is 0.227 e. The molecular formula is C16H31N3O. The Bertz CT molecular complexity index is 339. The maximum Gasteiger partial charge on any atom is 0.227 e. The zero-order valence-corrected chi connectivity index (χ0v) is 13.3. The monoisotopic (exact) mass is 281 g/mol. The molecule has 20 heavy (non-hydrogen) atoms. The first-order valence-corrected chi connectivity index (χ1v) is 8.23. The highest BCUT2D eigenvalue weighted by molar-refractivity contribution is 5.83. The summed E-state index contributed by atoms with van der Waals surface area (Å²) in [5.41, 5.74) is 5.78. The molecule has 0 radical (unpaired) electrons. The molecule has 1 saturated heterocycles. The maximum absolute atomic E-state index is 12.5. The fraction of sp³-hybridized carbons (Fsp3) is 0.938. The van der Waals surface area contributed by atoms with Gasteiger partial charge >= 0.3 is 0 Å². The quantitative estimate of drug-likeness (QED) is 0.807. The van der Waals surface area contributed by atoms with Crippen LogP contribution in [0.5, 0.6) is 0 Å². The van der Waals surface area contributed by atoms with E-state index in [0.717, 1.165) is 25.8 Å². The molecule has 116 valence electrons. The van der Waals surface area contributed by atoms with Gasteiger partial charge in [-0.3, -0.25) is 9.69 Å². The van der Waals surface area contributed by atoms with Gasteiger partial charge in [0.1, 0.15) is 0 Å². The van der Waals surface area contributed by atoms with Crippen LogP contribution in [0.15, 0.2) is 0 Å². The van der Waals surface area contributed by atoms with E-state index in [0.29, 0.717) is 12.0 Å². The van der Waals surface area contributed by atoms with Crippen molar-refractivity contribution in [2.75, 3.05) is 19.6 Å². The number of likely N-dealkylation sites (tertiary alicyclic amines) is 1. The van der Waals surface area contributed by atoms with E-state index >= 15 is 0 Å². The largest absolute Gasteiger partial charge is 0.354 e. The molecule has 4 heteroatoms. The number of amides is 1. The minimum Gasteiger partial charge on any atom is -0.354 e. The summed E-state index contributed by atoms with van der Waals surface area (Å²) in [6.07, 6.45) is 5.56. The molecule has 1 amide bonds. The van der Waals surface area contributed by atoms with Crippen molar-refractivity contribution in [3.63, 3.8) is 0 Å². The Kier molecular flexibility index (Phi) is 5.08. The molecule has 1 saturated carbocycles. The lowest BCUT2D eigenvalue weighted by atomic mass is 9.84. The summed E-state index contributed by atoms with van der Waals surface area (Å²) in [6, 6.07) is 0.481. The maximum atomic E-state index is 12.5. The van der Waals surface area contributed by atoms with Gasteiger partial charge in [0.25, 0.3) is 0 Å². The number of hydrogen-bond acceptors (Lipinski definition) is 3. The SMILES string of the molecule is CC(C)C(CNC(=O)C1(C)CCCC1N)N1CCCC1. The number of carbonyl (C=O) groups excluding carboxylic acids is 1. The van der Waals surface area contributed by atoms with Gasteiger partial charge in [0.05, 0.1) is 5.41 Å². The van der Waals surface area contributed by atoms with Crippen molar-refractivity contribution in [3.05, 3.63) is 0 Å². The molecule has 2 aliphatic rings. The van der Waals surface area contributed by atoms with Crippen molar-refractivity contribution in [1.29, 1.82) is 0 Å². The summed E-state index contributed by atoms with van der Waals surface area (Å²) in [5, 5.41) is 3.19. The van der Waals surface area contributed by atoms with Crippen molar-refractivity contribution in [2.24, 2.45) is 17.1 Å². The van der Waals surface area contributed by atoms with Gasteiger partial charge in [0.2, 0.25) is 5.91 Å². The molecule has 3 atom stereocenters. The summed E-state index contributed by atoms with van der Waals surface area (Å²) >= 11 is 0. The third-order valence-corrected chi connectivity index (χ3v) is 5.40. The van der Waals surface area contributed by atoms with E-state index < -0.39 is 0 Å². The van der Waals surface area contributed by atoms with Crippen LogP contribution in [0, 0.1) is 11.3 Å². The Balaban J connectivity index is 1.90. The van der Waals surface area contributed by atoms with Crippen LogP contribution in [0.2, 0.25) is 0 Å². The molecule has 0 aromatic rings. The minimum atomic E-state index is -0.355. The van der Waals surface area contributed by atoms with Gasteiger partial charge in [-0.1, -0.05) is 20.3 Å². The number of hydrogen-bond donors (Lipinski definition) is 2. The molecule has 0 aromatic heterocycles. The molecule has 2 fully saturated rings. The zero-order valence-electron chi connectivity index (χ0n) is 13.3. The minimum absolute atomic E-state index is 0.0202. The van der Waals surface area contributed by atoms with E-state index in [4.69, 9.17) is 5.73 Å². The van der Waals surface area contributed by atoms with Crippen molar-refractivity contribution < 1.29 is 4.79 Å². The first kappa shape index (κ1) is 15.8. The molecule has 3 unspecified atom stereocenters. The van der Waals surface area contributed by atoms with Crippen LogP contribution in [-0.2, 0) is 4.79 Å². The molecule has 1 aliphatic heterocycles. The number of nitrogens with zero attached hydrogens (tertiary/aromatic N) is 1. The summed E-state index contributed by atoms with van der Waals surface area (Å²) in [6.45, 7) is 9.64. The Morgan fingerprint density at radius 2 is 2.00 bits per heavy atom. The van der Waals surface area contributed by atoms with E-state index in [1.165, 1.54) is 25.9 Å². The Morgan fingerprint density at radius 3 is 2.50 bits per heavy atom. The highest BCUT2D eigenvalue weighted by Gasteiger charge is 2.43. The molecule has 1 aliphatic carbocycles. The Labute approximate surface area is 123 Å². The highest BCUT2D eigenvalue weighted by atomic mass is 16.2. The number of nitrogens with two attached hydrogens (primary N) is 1. The van der Waals surface area contributed by atoms with Crippen LogP contribution in [0.25, 0.3) is 0 Å². The first-order chi connectivity index (χ1) is 9.45. The van der Waals surface area contributed by atoms with Gasteiger partial charge < -0.3 is 11.1 Å². The van der Waals surface area contributed by atoms with Gasteiger partial charge in [-0.25, -0.2) is 0 Å². The lowest BCUT2D eigenvalue weighted by Crippen LogP contribution is -2.52. The summed E-state index contributed by atoms with van der Waals surface area (Å²) in [7, 11) is 0. The van der Waals surface area contributed by atoms with Gasteiger partial charge in [-0.15, -0.1) is 0 Å². The molecule has 2 rings (SSSR count). The van der Waals surface area contributed by atoms with E-state index in [9.17, 15) is 4.79 Å². The van der Waals surface area contributed by atoms with Crippen molar-refractivity contribution in [3.8, 4) is 0 Å². The van der Waals surface area contributed by atoms with Gasteiger partial charge in [0, 0.05) is 18.6 Å². The second kappa shape index (κ2) is 6.44. The van der Waals surface area contributed by atoms with Crippen LogP contribution in [-0.4, -0.2) is 42.5 Å². The van der Waals surface area contributed by atoms with Crippen LogP contribution in [0.3, 0.4) is 0 Å². The zero-order chi connectivity index (χ0) is 14.8. The van der Waals surface area contributed by atoms with Gasteiger partial charge in [-0.05, 0) is 51.6 Å². The number of nitrogens with one attached hydrogen (secondary N) is 1. The predicted molar refractivity (Wildman–Crippen MR) is 82.4 cm³/mol. The van der Waals surface area contributed by atoms with Crippen LogP contribution in [0.1, 0.15) is 52.9 Å². The summed E-state index contributed by atoms with van der Waals surface area (Å²) in [5.74, 6) is 0.728. The van der Waals surface area contributed by atoms with Crippen LogP contribution in [0.4, 0.5) is 0 Å². The standard InChI is InChI=1S/C16H31N3O/c1-12(2)13(19-9-4-5-10-19)11-18-15(20)16(3)8-6-7-14(16)17/h12-14H,4-11,17H2,1-3H3,(H,18,20). The van der Waals surface area contributed by atoms with E-state index in [2.05, 4.69) is 24.1 Å². The molecular weight excluding hydrogens is 250 g/mol. The fourth-order valence-electron chi connectivity index (χ4n) is 3.73. The molecule has 0 bridgehead atoms. The molecule has 4 nitrogen and oxygen atoms in total. The average Bonchev–Trinajstić information content (AvgIpc) is 3.01. The van der Waals surface area contributed by atoms with E-state index in [1.54, 1.807) is 0 Å². The Morgan fingerprint density at radius 1 is 1.35 bits per heavy atom. The van der Waals surface area contributed by atoms with E-state index in [1.807, 2.05) is 6.92 Å². The Hall–Kier alpha value is -0.610. The van der Waals surface area contributed by atoms with Gasteiger partial charge in [0.15, 0.2) is 0 Å². The van der Waals surface area contributed by atoms with Gasteiger partial charge in [-0.2, -0.15) is 0 Å².